The summed E-state index contributed by atoms with van der Waals surface area (Å²) >= 11 is 0. The minimum Gasteiger partial charge on any atom is -0.305 e. The molecule has 0 saturated carbocycles. The molecule has 1 aliphatic rings. The molecule has 1 heterocycles. The van der Waals surface area contributed by atoms with Gasteiger partial charge in [-0.1, -0.05) is 35.9 Å². The second kappa shape index (κ2) is 5.08. The Morgan fingerprint density at radius 1 is 1.10 bits per heavy atom. The number of hydrogen-bond donors (Lipinski definition) is 0. The van der Waals surface area contributed by atoms with Crippen molar-refractivity contribution in [1.29, 1.82) is 0 Å². The van der Waals surface area contributed by atoms with Crippen LogP contribution in [0.15, 0.2) is 41.2 Å². The van der Waals surface area contributed by atoms with E-state index in [9.17, 15) is 9.59 Å². The fraction of sp³-hybridized carbons (Fsp3) is 0.294. The highest BCUT2D eigenvalue weighted by Gasteiger charge is 2.17. The molecule has 0 radical (unpaired) electrons. The predicted molar refractivity (Wildman–Crippen MR) is 78.2 cm³/mol. The lowest BCUT2D eigenvalue weighted by Gasteiger charge is -2.11. The smallest absolute Gasteiger partial charge is 0.251 e. The molecule has 1 aromatic heterocycles. The van der Waals surface area contributed by atoms with Gasteiger partial charge < -0.3 is 4.57 Å². The first-order valence-corrected chi connectivity index (χ1v) is 6.96. The molecule has 0 saturated heterocycles. The molecule has 102 valence electrons. The number of nitrogens with zero attached hydrogens (tertiary/aromatic N) is 1. The van der Waals surface area contributed by atoms with Gasteiger partial charge in [0.1, 0.15) is 0 Å². The van der Waals surface area contributed by atoms with E-state index in [1.54, 1.807) is 10.6 Å². The van der Waals surface area contributed by atoms with E-state index in [4.69, 9.17) is 0 Å². The van der Waals surface area contributed by atoms with Gasteiger partial charge in [0.15, 0.2) is 5.78 Å². The Balaban J connectivity index is 1.92. The van der Waals surface area contributed by atoms with Crippen LogP contribution in [0.4, 0.5) is 0 Å². The second-order valence-corrected chi connectivity index (χ2v) is 5.37. The third kappa shape index (κ3) is 2.31. The number of benzene rings is 1. The zero-order chi connectivity index (χ0) is 14.1. The molecule has 0 bridgehead atoms. The van der Waals surface area contributed by atoms with Gasteiger partial charge in [-0.15, -0.1) is 0 Å². The maximum atomic E-state index is 12.3. The number of carbonyl (C=O) groups excluding carboxylic acids is 1. The van der Waals surface area contributed by atoms with Crippen LogP contribution >= 0.6 is 0 Å². The molecular formula is C17H17NO2. The summed E-state index contributed by atoms with van der Waals surface area (Å²) in [7, 11) is 0. The minimum absolute atomic E-state index is 0.00704. The molecule has 0 unspecified atom stereocenters. The molecule has 1 aliphatic carbocycles. The van der Waals surface area contributed by atoms with Crippen molar-refractivity contribution in [3.63, 3.8) is 0 Å². The van der Waals surface area contributed by atoms with Gasteiger partial charge in [0.05, 0.1) is 6.54 Å². The number of aromatic nitrogens is 1. The largest absolute Gasteiger partial charge is 0.305 e. The normalized spacial score (nSPS) is 13.2. The number of ketones is 1. The SMILES string of the molecule is Cc1ccc(C(=O)Cn2c3c(ccc2=O)CCC3)cc1. The van der Waals surface area contributed by atoms with E-state index in [2.05, 4.69) is 0 Å². The molecule has 0 aliphatic heterocycles. The Labute approximate surface area is 117 Å². The second-order valence-electron chi connectivity index (χ2n) is 5.37. The van der Waals surface area contributed by atoms with Crippen LogP contribution in [0.2, 0.25) is 0 Å². The summed E-state index contributed by atoms with van der Waals surface area (Å²) in [5.74, 6) is -0.00704. The molecule has 3 nitrogen and oxygen atoms in total. The van der Waals surface area contributed by atoms with Gasteiger partial charge in [0, 0.05) is 17.3 Å². The van der Waals surface area contributed by atoms with Crippen molar-refractivity contribution >= 4 is 5.78 Å². The van der Waals surface area contributed by atoms with Crippen LogP contribution in [0.1, 0.15) is 33.6 Å². The van der Waals surface area contributed by atoms with Gasteiger partial charge >= 0.3 is 0 Å². The Morgan fingerprint density at radius 2 is 1.85 bits per heavy atom. The van der Waals surface area contributed by atoms with Crippen LogP contribution in [0, 0.1) is 6.92 Å². The van der Waals surface area contributed by atoms with E-state index >= 15 is 0 Å². The predicted octanol–water partition coefficient (Wildman–Crippen LogP) is 2.53. The molecular weight excluding hydrogens is 250 g/mol. The number of hydrogen-bond acceptors (Lipinski definition) is 2. The summed E-state index contributed by atoms with van der Waals surface area (Å²) in [6.07, 6.45) is 2.97. The first-order chi connectivity index (χ1) is 9.65. The molecule has 2 aromatic rings. The van der Waals surface area contributed by atoms with Crippen LogP contribution in [0.3, 0.4) is 0 Å². The Morgan fingerprint density at radius 3 is 2.60 bits per heavy atom. The van der Waals surface area contributed by atoms with E-state index in [0.717, 1.165) is 30.5 Å². The average molecular weight is 267 g/mol. The van der Waals surface area contributed by atoms with Crippen LogP contribution in [0.5, 0.6) is 0 Å². The summed E-state index contributed by atoms with van der Waals surface area (Å²) in [5, 5.41) is 0. The van der Waals surface area contributed by atoms with Crippen molar-refractivity contribution in [2.75, 3.05) is 0 Å². The van der Waals surface area contributed by atoms with Gasteiger partial charge in [0.25, 0.3) is 5.56 Å². The summed E-state index contributed by atoms with van der Waals surface area (Å²) in [4.78, 5) is 24.3. The first-order valence-electron chi connectivity index (χ1n) is 6.96. The fourth-order valence-corrected chi connectivity index (χ4v) is 2.78. The van der Waals surface area contributed by atoms with Crippen molar-refractivity contribution in [3.8, 4) is 0 Å². The van der Waals surface area contributed by atoms with E-state index in [1.165, 1.54) is 5.56 Å². The molecule has 20 heavy (non-hydrogen) atoms. The number of pyridine rings is 1. The van der Waals surface area contributed by atoms with Crippen molar-refractivity contribution in [1.82, 2.24) is 4.57 Å². The Kier molecular flexibility index (Phi) is 3.26. The molecule has 0 N–H and O–H groups in total. The number of carbonyl (C=O) groups is 1. The summed E-state index contributed by atoms with van der Waals surface area (Å²) < 4.78 is 1.64. The van der Waals surface area contributed by atoms with Crippen LogP contribution < -0.4 is 5.56 Å². The van der Waals surface area contributed by atoms with Crippen molar-refractivity contribution < 1.29 is 4.79 Å². The monoisotopic (exact) mass is 267 g/mol. The number of Topliss-reactive ketones (excluding diaryl/α,β-unsaturated/α-hetero) is 1. The summed E-state index contributed by atoms with van der Waals surface area (Å²) in [5.41, 5.74) is 3.96. The van der Waals surface area contributed by atoms with Crippen LogP contribution in [-0.2, 0) is 19.4 Å². The lowest BCUT2D eigenvalue weighted by Crippen LogP contribution is -2.26. The van der Waals surface area contributed by atoms with Crippen molar-refractivity contribution in [3.05, 3.63) is 69.1 Å². The first kappa shape index (κ1) is 12.9. The highest BCUT2D eigenvalue weighted by Crippen LogP contribution is 2.20. The lowest BCUT2D eigenvalue weighted by molar-refractivity contribution is 0.0970. The Hall–Kier alpha value is -2.16. The maximum Gasteiger partial charge on any atom is 0.251 e. The van der Waals surface area contributed by atoms with Gasteiger partial charge in [-0.2, -0.15) is 0 Å². The standard InChI is InChI=1S/C17H17NO2/c1-12-5-7-14(8-6-12)16(19)11-18-15-4-2-3-13(15)9-10-17(18)20/h5-10H,2-4,11H2,1H3. The molecule has 0 fully saturated rings. The van der Waals surface area contributed by atoms with E-state index in [0.29, 0.717) is 5.56 Å². The molecule has 0 spiro atoms. The molecule has 1 aromatic carbocycles. The quantitative estimate of drug-likeness (QED) is 0.802. The molecule has 0 atom stereocenters. The fourth-order valence-electron chi connectivity index (χ4n) is 2.78. The number of rotatable bonds is 3. The highest BCUT2D eigenvalue weighted by atomic mass is 16.1. The average Bonchev–Trinajstić information content (AvgIpc) is 2.91. The molecule has 3 heteroatoms. The Bertz CT molecular complexity index is 711. The number of aryl methyl sites for hydroxylation is 2. The van der Waals surface area contributed by atoms with Crippen molar-refractivity contribution in [2.45, 2.75) is 32.7 Å². The van der Waals surface area contributed by atoms with Crippen molar-refractivity contribution in [2.24, 2.45) is 0 Å². The van der Waals surface area contributed by atoms with Crippen LogP contribution in [-0.4, -0.2) is 10.4 Å². The van der Waals surface area contributed by atoms with Gasteiger partial charge in [-0.05, 0) is 31.7 Å². The third-order valence-corrected chi connectivity index (χ3v) is 3.92. The molecule has 0 amide bonds. The van der Waals surface area contributed by atoms with E-state index in [-0.39, 0.29) is 17.9 Å². The zero-order valence-corrected chi connectivity index (χ0v) is 11.6. The zero-order valence-electron chi connectivity index (χ0n) is 11.6. The van der Waals surface area contributed by atoms with Gasteiger partial charge in [-0.25, -0.2) is 0 Å². The van der Waals surface area contributed by atoms with Gasteiger partial charge in [0.2, 0.25) is 0 Å². The van der Waals surface area contributed by atoms with Gasteiger partial charge in [-0.3, -0.25) is 9.59 Å². The highest BCUT2D eigenvalue weighted by molar-refractivity contribution is 5.95. The summed E-state index contributed by atoms with van der Waals surface area (Å²) in [6.45, 7) is 2.13. The number of fused-ring (bicyclic) bond motifs is 1. The van der Waals surface area contributed by atoms with Crippen LogP contribution in [0.25, 0.3) is 0 Å². The lowest BCUT2D eigenvalue weighted by atomic mass is 10.1. The minimum atomic E-state index is -0.0777. The molecule has 3 rings (SSSR count). The summed E-state index contributed by atoms with van der Waals surface area (Å²) in [6, 6.07) is 11.0. The third-order valence-electron chi connectivity index (χ3n) is 3.92. The topological polar surface area (TPSA) is 39.1 Å². The maximum absolute atomic E-state index is 12.3. The van der Waals surface area contributed by atoms with E-state index in [1.807, 2.05) is 37.3 Å². The van der Waals surface area contributed by atoms with E-state index < -0.39 is 0 Å².